The number of amides is 1. The van der Waals surface area contributed by atoms with Crippen molar-refractivity contribution in [3.05, 3.63) is 33.6 Å². The number of likely N-dealkylation sites (N-methyl/N-ethyl adjacent to an activating group) is 1. The Balaban J connectivity index is 2.07. The van der Waals surface area contributed by atoms with Crippen LogP contribution in [0.3, 0.4) is 0 Å². The Morgan fingerprint density at radius 3 is 2.81 bits per heavy atom. The summed E-state index contributed by atoms with van der Waals surface area (Å²) in [6, 6.07) is 4.31. The van der Waals surface area contributed by atoms with Crippen LogP contribution in [0.15, 0.2) is 17.5 Å². The minimum atomic E-state index is -0.0750. The van der Waals surface area contributed by atoms with Gasteiger partial charge >= 0.3 is 0 Å². The number of rotatable bonds is 6. The van der Waals surface area contributed by atoms with Gasteiger partial charge in [-0.15, -0.1) is 11.3 Å². The number of aryl methyl sites for hydroxylation is 1. The van der Waals surface area contributed by atoms with Crippen LogP contribution < -0.4 is 10.6 Å². The van der Waals surface area contributed by atoms with Crippen LogP contribution in [0.25, 0.3) is 0 Å². The van der Waals surface area contributed by atoms with Crippen molar-refractivity contribution in [2.24, 2.45) is 0 Å². The minimum Gasteiger partial charge on any atom is -0.378 e. The molecule has 0 fully saturated rings. The second-order valence-electron chi connectivity index (χ2n) is 4.93. The highest BCUT2D eigenvalue weighted by atomic mass is 32.1. The highest BCUT2D eigenvalue weighted by molar-refractivity contribution is 7.10. The predicted molar refractivity (Wildman–Crippen MR) is 89.5 cm³/mol. The summed E-state index contributed by atoms with van der Waals surface area (Å²) in [6.45, 7) is 2.43. The van der Waals surface area contributed by atoms with E-state index < -0.39 is 0 Å². The Bertz CT molecular complexity index is 592. The molecule has 0 aliphatic carbocycles. The molecule has 0 aliphatic heterocycles. The molecule has 7 heteroatoms. The lowest BCUT2D eigenvalue weighted by Crippen LogP contribution is -2.34. The predicted octanol–water partition coefficient (Wildman–Crippen LogP) is 2.59. The van der Waals surface area contributed by atoms with Crippen LogP contribution in [0.5, 0.6) is 0 Å². The number of hydrogen-bond donors (Lipinski definition) is 2. The Morgan fingerprint density at radius 2 is 2.24 bits per heavy atom. The quantitative estimate of drug-likeness (QED) is 0.857. The van der Waals surface area contributed by atoms with Gasteiger partial charge in [0.05, 0.1) is 17.3 Å². The first kappa shape index (κ1) is 15.9. The van der Waals surface area contributed by atoms with Crippen LogP contribution in [-0.4, -0.2) is 42.9 Å². The van der Waals surface area contributed by atoms with E-state index in [9.17, 15) is 4.79 Å². The van der Waals surface area contributed by atoms with Gasteiger partial charge in [0, 0.05) is 18.5 Å². The van der Waals surface area contributed by atoms with Crippen LogP contribution in [0.1, 0.15) is 27.0 Å². The molecule has 1 atom stereocenters. The lowest BCUT2D eigenvalue weighted by molar-refractivity contribution is 0.0942. The summed E-state index contributed by atoms with van der Waals surface area (Å²) < 4.78 is 4.23. The van der Waals surface area contributed by atoms with Crippen LogP contribution in [0.4, 0.5) is 5.00 Å². The summed E-state index contributed by atoms with van der Waals surface area (Å²) >= 11 is 3.02. The van der Waals surface area contributed by atoms with E-state index in [0.717, 1.165) is 10.7 Å². The summed E-state index contributed by atoms with van der Waals surface area (Å²) in [5.74, 6) is -0.0750. The van der Waals surface area contributed by atoms with Gasteiger partial charge in [0.2, 0.25) is 0 Å². The Hall–Kier alpha value is -1.44. The van der Waals surface area contributed by atoms with Gasteiger partial charge in [0.25, 0.3) is 5.91 Å². The Morgan fingerprint density at radius 1 is 1.48 bits per heavy atom. The van der Waals surface area contributed by atoms with Gasteiger partial charge in [-0.05, 0) is 44.0 Å². The number of anilines is 1. The molecule has 0 aliphatic rings. The van der Waals surface area contributed by atoms with Crippen molar-refractivity contribution < 1.29 is 4.79 Å². The molecule has 0 aromatic carbocycles. The summed E-state index contributed by atoms with van der Waals surface area (Å²) in [4.78, 5) is 15.8. The third kappa shape index (κ3) is 3.61. The molecule has 2 aromatic rings. The molecule has 0 radical (unpaired) electrons. The molecule has 5 nitrogen and oxygen atoms in total. The molecule has 1 unspecified atom stereocenters. The monoisotopic (exact) mass is 324 g/mol. The van der Waals surface area contributed by atoms with E-state index in [-0.39, 0.29) is 11.9 Å². The third-order valence-corrected chi connectivity index (χ3v) is 5.20. The molecule has 1 amide bonds. The maximum atomic E-state index is 12.4. The van der Waals surface area contributed by atoms with Crippen molar-refractivity contribution >= 4 is 33.8 Å². The van der Waals surface area contributed by atoms with Crippen molar-refractivity contribution in [2.45, 2.75) is 13.0 Å². The van der Waals surface area contributed by atoms with Crippen molar-refractivity contribution in [2.75, 3.05) is 33.0 Å². The van der Waals surface area contributed by atoms with E-state index in [2.05, 4.69) is 31.4 Å². The fourth-order valence-electron chi connectivity index (χ4n) is 2.10. The molecule has 2 rings (SSSR count). The van der Waals surface area contributed by atoms with E-state index in [1.165, 1.54) is 16.4 Å². The maximum absolute atomic E-state index is 12.4. The van der Waals surface area contributed by atoms with Crippen LogP contribution >= 0.6 is 22.9 Å². The number of thiophene rings is 1. The number of nitrogens with one attached hydrogen (secondary N) is 2. The zero-order chi connectivity index (χ0) is 15.4. The molecule has 2 aromatic heterocycles. The number of carbonyl (C=O) groups excluding carboxylic acids is 1. The fraction of sp³-hybridized carbons (Fsp3) is 0.429. The molecule has 0 bridgehead atoms. The van der Waals surface area contributed by atoms with Crippen molar-refractivity contribution in [3.8, 4) is 0 Å². The fourth-order valence-corrected chi connectivity index (χ4v) is 3.77. The summed E-state index contributed by atoms with van der Waals surface area (Å²) in [6.07, 6.45) is 0. The van der Waals surface area contributed by atoms with Gasteiger partial charge in [0.1, 0.15) is 5.00 Å². The van der Waals surface area contributed by atoms with Crippen LogP contribution in [0.2, 0.25) is 0 Å². The first-order valence-electron chi connectivity index (χ1n) is 6.66. The summed E-state index contributed by atoms with van der Waals surface area (Å²) in [7, 11) is 5.85. The molecular weight excluding hydrogens is 304 g/mol. The highest BCUT2D eigenvalue weighted by Crippen LogP contribution is 2.25. The first-order chi connectivity index (χ1) is 10.0. The molecule has 0 saturated carbocycles. The number of carbonyl (C=O) groups is 1. The van der Waals surface area contributed by atoms with E-state index in [0.29, 0.717) is 12.1 Å². The largest absolute Gasteiger partial charge is 0.378 e. The average Bonchev–Trinajstić information content (AvgIpc) is 3.07. The van der Waals surface area contributed by atoms with Crippen molar-refractivity contribution in [1.29, 1.82) is 0 Å². The topological polar surface area (TPSA) is 57.3 Å². The molecule has 0 spiro atoms. The highest BCUT2D eigenvalue weighted by Gasteiger charge is 2.20. The van der Waals surface area contributed by atoms with E-state index in [4.69, 9.17) is 0 Å². The number of aromatic nitrogens is 1. The van der Waals surface area contributed by atoms with Crippen LogP contribution in [0, 0.1) is 6.92 Å². The molecule has 2 heterocycles. The zero-order valence-corrected chi connectivity index (χ0v) is 14.3. The number of nitrogens with zero attached hydrogens (tertiary/aromatic N) is 2. The minimum absolute atomic E-state index is 0.0750. The molecule has 2 N–H and O–H groups in total. The molecule has 0 saturated heterocycles. The van der Waals surface area contributed by atoms with Gasteiger partial charge in [-0.3, -0.25) is 4.79 Å². The molecule has 114 valence electrons. The van der Waals surface area contributed by atoms with Crippen LogP contribution in [-0.2, 0) is 0 Å². The van der Waals surface area contributed by atoms with Gasteiger partial charge < -0.3 is 15.5 Å². The average molecular weight is 324 g/mol. The Labute approximate surface area is 133 Å². The normalized spacial score (nSPS) is 12.4. The van der Waals surface area contributed by atoms with Gasteiger partial charge in [0.15, 0.2) is 0 Å². The van der Waals surface area contributed by atoms with Crippen molar-refractivity contribution in [3.63, 3.8) is 0 Å². The summed E-state index contributed by atoms with van der Waals surface area (Å²) in [5, 5.41) is 8.91. The zero-order valence-electron chi connectivity index (χ0n) is 12.6. The standard InChI is InChI=1S/C14H20N4OS2/c1-9-12(14(15-2)21-17-9)13(19)16-8-10(18(3)4)11-6-5-7-20-11/h5-7,10,15H,8H2,1-4H3,(H,16,19). The summed E-state index contributed by atoms with van der Waals surface area (Å²) in [5.41, 5.74) is 1.41. The Kier molecular flexibility index (Phi) is 5.33. The third-order valence-electron chi connectivity index (χ3n) is 3.27. The van der Waals surface area contributed by atoms with E-state index in [1.807, 2.05) is 27.1 Å². The first-order valence-corrected chi connectivity index (χ1v) is 8.32. The lowest BCUT2D eigenvalue weighted by Gasteiger charge is -2.23. The SMILES string of the molecule is CNc1snc(C)c1C(=O)NCC(c1cccs1)N(C)C. The smallest absolute Gasteiger partial charge is 0.256 e. The molecular formula is C14H20N4OS2. The van der Waals surface area contributed by atoms with Gasteiger partial charge in [-0.25, -0.2) is 0 Å². The lowest BCUT2D eigenvalue weighted by atomic mass is 10.2. The van der Waals surface area contributed by atoms with Gasteiger partial charge in [-0.1, -0.05) is 6.07 Å². The van der Waals surface area contributed by atoms with E-state index in [1.54, 1.807) is 18.4 Å². The number of hydrogen-bond acceptors (Lipinski definition) is 6. The maximum Gasteiger partial charge on any atom is 0.256 e. The molecule has 21 heavy (non-hydrogen) atoms. The second-order valence-corrected chi connectivity index (χ2v) is 6.68. The van der Waals surface area contributed by atoms with Crippen molar-refractivity contribution in [1.82, 2.24) is 14.6 Å². The second kappa shape index (κ2) is 7.02. The van der Waals surface area contributed by atoms with Gasteiger partial charge in [-0.2, -0.15) is 4.37 Å². The van der Waals surface area contributed by atoms with E-state index >= 15 is 0 Å².